The zero-order valence-electron chi connectivity index (χ0n) is 7.91. The van der Waals surface area contributed by atoms with Gasteiger partial charge in [0.05, 0.1) is 0 Å². The molecule has 0 radical (unpaired) electrons. The Morgan fingerprint density at radius 2 is 1.42 bits per heavy atom. The molecule has 0 aliphatic carbocycles. The Morgan fingerprint density at radius 1 is 1.08 bits per heavy atom. The summed E-state index contributed by atoms with van der Waals surface area (Å²) >= 11 is 0. The maximum atomic E-state index is 11.0. The molecule has 5 heteroatoms. The number of hydrogen-bond donors (Lipinski definition) is 1. The molecule has 0 saturated carbocycles. The van der Waals surface area contributed by atoms with Gasteiger partial charge in [-0.05, 0) is 30.6 Å². The zero-order chi connectivity index (χ0) is 9.83. The Bertz CT molecular complexity index is 215. The van der Waals surface area contributed by atoms with Gasteiger partial charge < -0.3 is 0 Å². The summed E-state index contributed by atoms with van der Waals surface area (Å²) in [4.78, 5) is 0. The molecule has 3 nitrogen and oxygen atoms in total. The molecule has 76 valence electrons. The first-order chi connectivity index (χ1) is 5.37. The van der Waals surface area contributed by atoms with Crippen molar-refractivity contribution >= 4 is 18.2 Å². The molecule has 0 spiro atoms. The average molecular weight is 214 g/mol. The first kappa shape index (κ1) is 12.3. The summed E-state index contributed by atoms with van der Waals surface area (Å²) in [6, 6.07) is 0. The van der Waals surface area contributed by atoms with Crippen molar-refractivity contribution in [3.63, 3.8) is 0 Å². The normalized spacial score (nSPS) is 14.7. The van der Waals surface area contributed by atoms with E-state index in [0.29, 0.717) is 11.5 Å². The van der Waals surface area contributed by atoms with E-state index in [4.69, 9.17) is 4.55 Å². The smallest absolute Gasteiger partial charge is 0.278 e. The van der Waals surface area contributed by atoms with Crippen LogP contribution in [0, 0.1) is 0 Å². The van der Waals surface area contributed by atoms with Crippen LogP contribution < -0.4 is 0 Å². The standard InChI is InChI=1S/C7H18O3S2/c1-4-6-11(3,7-5-2)12(8,9)10/h4-7H2,1-3H3,(H,8,9,10). The molecule has 0 heterocycles. The molecule has 12 heavy (non-hydrogen) atoms. The van der Waals surface area contributed by atoms with Crippen LogP contribution in [0.2, 0.25) is 0 Å². The minimum Gasteiger partial charge on any atom is -0.278 e. The average Bonchev–Trinajstić information content (AvgIpc) is 1.86. The molecule has 1 N–H and O–H groups in total. The summed E-state index contributed by atoms with van der Waals surface area (Å²) in [7, 11) is -5.63. The van der Waals surface area contributed by atoms with Crippen molar-refractivity contribution in [3.8, 4) is 0 Å². The quantitative estimate of drug-likeness (QED) is 0.563. The van der Waals surface area contributed by atoms with Gasteiger partial charge in [0.15, 0.2) is 0 Å². The zero-order valence-corrected chi connectivity index (χ0v) is 9.54. The van der Waals surface area contributed by atoms with Crippen molar-refractivity contribution < 1.29 is 13.0 Å². The van der Waals surface area contributed by atoms with Gasteiger partial charge in [-0.15, -0.1) is 9.06 Å². The third kappa shape index (κ3) is 2.95. The summed E-state index contributed by atoms with van der Waals surface area (Å²) < 4.78 is 31.1. The maximum absolute atomic E-state index is 11.0. The fourth-order valence-corrected chi connectivity index (χ4v) is 5.79. The van der Waals surface area contributed by atoms with Gasteiger partial charge in [-0.2, -0.15) is 8.42 Å². The highest BCUT2D eigenvalue weighted by Gasteiger charge is 2.29. The van der Waals surface area contributed by atoms with Crippen LogP contribution in [0.1, 0.15) is 26.7 Å². The van der Waals surface area contributed by atoms with Crippen molar-refractivity contribution in [3.05, 3.63) is 0 Å². The number of rotatable bonds is 5. The van der Waals surface area contributed by atoms with Crippen molar-refractivity contribution in [2.24, 2.45) is 0 Å². The Labute approximate surface area is 76.0 Å². The maximum Gasteiger partial charge on any atom is 0.302 e. The predicted octanol–water partition coefficient (Wildman–Crippen LogP) is 2.04. The SMILES string of the molecule is CCCS(C)(CCC)S(=O)(=O)O. The minimum atomic E-state index is -3.81. The van der Waals surface area contributed by atoms with Gasteiger partial charge in [-0.1, -0.05) is 13.8 Å². The molecule has 0 aromatic rings. The molecule has 0 amide bonds. The molecule has 0 saturated heterocycles. The molecular weight excluding hydrogens is 196 g/mol. The molecule has 0 fully saturated rings. The van der Waals surface area contributed by atoms with Crippen molar-refractivity contribution in [1.82, 2.24) is 0 Å². The Balaban J connectivity index is 4.62. The van der Waals surface area contributed by atoms with E-state index in [1.165, 1.54) is 0 Å². The first-order valence-corrected chi connectivity index (χ1v) is 8.42. The summed E-state index contributed by atoms with van der Waals surface area (Å²) in [5.74, 6) is 1.22. The lowest BCUT2D eigenvalue weighted by molar-refractivity contribution is 0.501. The second kappa shape index (κ2) is 4.48. The van der Waals surface area contributed by atoms with Crippen LogP contribution in [0.4, 0.5) is 0 Å². The molecule has 0 atom stereocenters. The summed E-state index contributed by atoms with van der Waals surface area (Å²) in [5.41, 5.74) is 0. The summed E-state index contributed by atoms with van der Waals surface area (Å²) in [6.07, 6.45) is 3.31. The highest BCUT2D eigenvalue weighted by molar-refractivity contribution is 8.88. The van der Waals surface area contributed by atoms with Crippen LogP contribution in [-0.4, -0.2) is 30.7 Å². The van der Waals surface area contributed by atoms with Gasteiger partial charge >= 0.3 is 9.15 Å². The molecule has 0 aromatic carbocycles. The monoisotopic (exact) mass is 214 g/mol. The lowest BCUT2D eigenvalue weighted by atomic mass is 10.6. The molecule has 0 aliphatic rings. The largest absolute Gasteiger partial charge is 0.302 e. The third-order valence-electron chi connectivity index (χ3n) is 1.78. The molecule has 0 aliphatic heterocycles. The van der Waals surface area contributed by atoms with Crippen LogP contribution in [0.15, 0.2) is 0 Å². The second-order valence-electron chi connectivity index (χ2n) is 3.02. The van der Waals surface area contributed by atoms with Crippen LogP contribution in [-0.2, 0) is 9.15 Å². The fourth-order valence-electron chi connectivity index (χ4n) is 1.18. The highest BCUT2D eigenvalue weighted by Crippen LogP contribution is 2.50. The van der Waals surface area contributed by atoms with E-state index in [-0.39, 0.29) is 0 Å². The van der Waals surface area contributed by atoms with Crippen molar-refractivity contribution in [2.75, 3.05) is 17.8 Å². The molecule has 0 rings (SSSR count). The summed E-state index contributed by atoms with van der Waals surface area (Å²) in [5, 5.41) is 0. The molecular formula is C7H18O3S2. The van der Waals surface area contributed by atoms with Gasteiger partial charge in [0, 0.05) is 0 Å². The van der Waals surface area contributed by atoms with Gasteiger partial charge in [-0.3, -0.25) is 4.55 Å². The molecule has 0 unspecified atom stereocenters. The van der Waals surface area contributed by atoms with Gasteiger partial charge in [0.1, 0.15) is 0 Å². The second-order valence-corrected chi connectivity index (χ2v) is 10.7. The van der Waals surface area contributed by atoms with Gasteiger partial charge in [0.2, 0.25) is 0 Å². The Morgan fingerprint density at radius 3 is 1.58 bits per heavy atom. The van der Waals surface area contributed by atoms with E-state index in [1.807, 2.05) is 13.8 Å². The van der Waals surface area contributed by atoms with Crippen LogP contribution in [0.3, 0.4) is 0 Å². The Hall–Kier alpha value is 0.260. The predicted molar refractivity (Wildman–Crippen MR) is 55.4 cm³/mol. The Kier molecular flexibility index (Phi) is 4.58. The highest BCUT2D eigenvalue weighted by atomic mass is 33.2. The summed E-state index contributed by atoms with van der Waals surface area (Å²) in [6.45, 7) is 3.87. The van der Waals surface area contributed by atoms with Crippen LogP contribution >= 0.6 is 9.06 Å². The van der Waals surface area contributed by atoms with Crippen LogP contribution in [0.5, 0.6) is 0 Å². The van der Waals surface area contributed by atoms with Crippen LogP contribution in [0.25, 0.3) is 0 Å². The topological polar surface area (TPSA) is 54.4 Å². The van der Waals surface area contributed by atoms with Gasteiger partial charge in [-0.25, -0.2) is 0 Å². The lowest BCUT2D eigenvalue weighted by Gasteiger charge is -2.31. The minimum absolute atomic E-state index is 0.611. The first-order valence-electron chi connectivity index (χ1n) is 4.08. The molecule has 0 bridgehead atoms. The van der Waals surface area contributed by atoms with E-state index in [0.717, 1.165) is 12.8 Å². The van der Waals surface area contributed by atoms with Gasteiger partial charge in [0.25, 0.3) is 0 Å². The van der Waals surface area contributed by atoms with Crippen molar-refractivity contribution in [2.45, 2.75) is 26.7 Å². The van der Waals surface area contributed by atoms with E-state index in [1.54, 1.807) is 6.26 Å². The molecule has 0 aromatic heterocycles. The van der Waals surface area contributed by atoms with Crippen molar-refractivity contribution in [1.29, 1.82) is 0 Å². The fraction of sp³-hybridized carbons (Fsp3) is 1.00. The third-order valence-corrected chi connectivity index (χ3v) is 9.39. The number of hydrogen-bond acceptors (Lipinski definition) is 2. The van der Waals surface area contributed by atoms with E-state index >= 15 is 0 Å². The van der Waals surface area contributed by atoms with E-state index < -0.39 is 18.2 Å². The van der Waals surface area contributed by atoms with E-state index in [2.05, 4.69) is 0 Å². The lowest BCUT2D eigenvalue weighted by Crippen LogP contribution is -2.17. The van der Waals surface area contributed by atoms with E-state index in [9.17, 15) is 8.42 Å².